The molecule has 0 spiro atoms. The van der Waals surface area contributed by atoms with Crippen molar-refractivity contribution in [3.63, 3.8) is 0 Å². The second-order valence-electron chi connectivity index (χ2n) is 3.59. The minimum absolute atomic E-state index is 0.0346. The van der Waals surface area contributed by atoms with Gasteiger partial charge in [0.25, 0.3) is 5.91 Å². The summed E-state index contributed by atoms with van der Waals surface area (Å²) in [6.45, 7) is 1.36. The molecule has 2 aromatic rings. The third-order valence-electron chi connectivity index (χ3n) is 2.22. The maximum Gasteiger partial charge on any atom is 0.322 e. The standard InChI is InChI=1S/C13H11N3O3/c1-9-15-16-13(19-9)14-12(18)11-7-3-2-5-10(11)6-4-8-17/h2-3,5,7,17H,8H2,1H3,(H,14,16,18). The van der Waals surface area contributed by atoms with E-state index in [1.807, 2.05) is 0 Å². The summed E-state index contributed by atoms with van der Waals surface area (Å²) >= 11 is 0. The SMILES string of the molecule is Cc1nnc(NC(=O)c2ccccc2C#CCO)o1. The second-order valence-corrected chi connectivity index (χ2v) is 3.59. The molecule has 0 atom stereocenters. The predicted octanol–water partition coefficient (Wildman–Crippen LogP) is 0.974. The highest BCUT2D eigenvalue weighted by Crippen LogP contribution is 2.11. The lowest BCUT2D eigenvalue weighted by atomic mass is 10.1. The van der Waals surface area contributed by atoms with Crippen molar-refractivity contribution < 1.29 is 14.3 Å². The van der Waals surface area contributed by atoms with Crippen LogP contribution in [0.15, 0.2) is 28.7 Å². The first-order valence-corrected chi connectivity index (χ1v) is 5.51. The largest absolute Gasteiger partial charge is 0.408 e. The van der Waals surface area contributed by atoms with E-state index in [0.29, 0.717) is 17.0 Å². The number of aliphatic hydroxyl groups excluding tert-OH is 1. The summed E-state index contributed by atoms with van der Waals surface area (Å²) in [5.74, 6) is 5.18. The second kappa shape index (κ2) is 5.80. The smallest absolute Gasteiger partial charge is 0.322 e. The fourth-order valence-corrected chi connectivity index (χ4v) is 1.44. The molecule has 2 N–H and O–H groups in total. The molecule has 96 valence electrons. The number of rotatable bonds is 2. The lowest BCUT2D eigenvalue weighted by Crippen LogP contribution is -2.13. The lowest BCUT2D eigenvalue weighted by molar-refractivity contribution is 0.102. The van der Waals surface area contributed by atoms with Gasteiger partial charge in [-0.1, -0.05) is 29.1 Å². The van der Waals surface area contributed by atoms with Crippen LogP contribution in [0.2, 0.25) is 0 Å². The van der Waals surface area contributed by atoms with Crippen molar-refractivity contribution in [3.05, 3.63) is 41.3 Å². The van der Waals surface area contributed by atoms with E-state index in [0.717, 1.165) is 0 Å². The number of aliphatic hydroxyl groups is 1. The van der Waals surface area contributed by atoms with Gasteiger partial charge in [-0.15, -0.1) is 5.10 Å². The molecule has 0 unspecified atom stereocenters. The number of hydrogen-bond donors (Lipinski definition) is 2. The first-order valence-electron chi connectivity index (χ1n) is 5.51. The zero-order valence-corrected chi connectivity index (χ0v) is 10.2. The van der Waals surface area contributed by atoms with Crippen LogP contribution in [0, 0.1) is 18.8 Å². The van der Waals surface area contributed by atoms with E-state index >= 15 is 0 Å². The number of aromatic nitrogens is 2. The normalized spacial score (nSPS) is 9.58. The Morgan fingerprint density at radius 1 is 1.42 bits per heavy atom. The Balaban J connectivity index is 2.23. The van der Waals surface area contributed by atoms with Crippen molar-refractivity contribution >= 4 is 11.9 Å². The van der Waals surface area contributed by atoms with Gasteiger partial charge in [-0.3, -0.25) is 10.1 Å². The highest BCUT2D eigenvalue weighted by molar-refractivity contribution is 6.04. The number of nitrogens with zero attached hydrogens (tertiary/aromatic N) is 2. The fourth-order valence-electron chi connectivity index (χ4n) is 1.44. The third-order valence-corrected chi connectivity index (χ3v) is 2.22. The molecule has 0 aliphatic heterocycles. The molecule has 0 radical (unpaired) electrons. The van der Waals surface area contributed by atoms with Crippen LogP contribution in [0.3, 0.4) is 0 Å². The van der Waals surface area contributed by atoms with Crippen molar-refractivity contribution in [1.82, 2.24) is 10.2 Å². The van der Waals surface area contributed by atoms with Crippen LogP contribution in [0.25, 0.3) is 0 Å². The van der Waals surface area contributed by atoms with Crippen LogP contribution in [0.1, 0.15) is 21.8 Å². The van der Waals surface area contributed by atoms with Crippen molar-refractivity contribution in [2.75, 3.05) is 11.9 Å². The first-order chi connectivity index (χ1) is 9.20. The van der Waals surface area contributed by atoms with Crippen molar-refractivity contribution in [3.8, 4) is 11.8 Å². The number of anilines is 1. The summed E-state index contributed by atoms with van der Waals surface area (Å²) in [4.78, 5) is 12.0. The average molecular weight is 257 g/mol. The minimum Gasteiger partial charge on any atom is -0.408 e. The Labute approximate surface area is 109 Å². The van der Waals surface area contributed by atoms with Gasteiger partial charge in [0.05, 0.1) is 5.56 Å². The summed E-state index contributed by atoms with van der Waals surface area (Å²) in [5.41, 5.74) is 0.893. The van der Waals surface area contributed by atoms with Gasteiger partial charge in [0.15, 0.2) is 0 Å². The number of carbonyl (C=O) groups excluding carboxylic acids is 1. The number of aryl methyl sites for hydroxylation is 1. The van der Waals surface area contributed by atoms with Gasteiger partial charge in [-0.2, -0.15) is 0 Å². The molecule has 6 heteroatoms. The zero-order chi connectivity index (χ0) is 13.7. The molecular formula is C13H11N3O3. The molecule has 0 fully saturated rings. The predicted molar refractivity (Wildman–Crippen MR) is 67.4 cm³/mol. The van der Waals surface area contributed by atoms with Gasteiger partial charge < -0.3 is 9.52 Å². The molecule has 0 bridgehead atoms. The van der Waals surface area contributed by atoms with Gasteiger partial charge in [0.2, 0.25) is 5.89 Å². The molecule has 0 aliphatic carbocycles. The van der Waals surface area contributed by atoms with Crippen LogP contribution >= 0.6 is 0 Å². The maximum atomic E-state index is 12.0. The fraction of sp³-hybridized carbons (Fsp3) is 0.154. The molecule has 0 saturated carbocycles. The number of amides is 1. The van der Waals surface area contributed by atoms with Crippen LogP contribution in [0.5, 0.6) is 0 Å². The molecule has 1 aromatic carbocycles. The van der Waals surface area contributed by atoms with Gasteiger partial charge in [0.1, 0.15) is 6.61 Å². The molecule has 1 heterocycles. The highest BCUT2D eigenvalue weighted by Gasteiger charge is 2.12. The quantitative estimate of drug-likeness (QED) is 0.783. The third kappa shape index (κ3) is 3.18. The zero-order valence-electron chi connectivity index (χ0n) is 10.2. The van der Waals surface area contributed by atoms with Crippen LogP contribution < -0.4 is 5.32 Å². The molecule has 0 aliphatic rings. The van der Waals surface area contributed by atoms with Crippen LogP contribution in [-0.4, -0.2) is 27.8 Å². The Morgan fingerprint density at radius 3 is 2.89 bits per heavy atom. The lowest BCUT2D eigenvalue weighted by Gasteiger charge is -2.02. The molecule has 6 nitrogen and oxygen atoms in total. The number of hydrogen-bond acceptors (Lipinski definition) is 5. The van der Waals surface area contributed by atoms with E-state index in [2.05, 4.69) is 27.4 Å². The Morgan fingerprint density at radius 2 is 2.21 bits per heavy atom. The van der Waals surface area contributed by atoms with E-state index in [-0.39, 0.29) is 12.6 Å². The summed E-state index contributed by atoms with van der Waals surface area (Å²) in [6.07, 6.45) is 0. The van der Waals surface area contributed by atoms with Gasteiger partial charge in [-0.25, -0.2) is 0 Å². The van der Waals surface area contributed by atoms with Crippen molar-refractivity contribution in [2.24, 2.45) is 0 Å². The summed E-state index contributed by atoms with van der Waals surface area (Å²) in [7, 11) is 0. The molecule has 1 aromatic heterocycles. The number of benzene rings is 1. The first kappa shape index (κ1) is 12.8. The summed E-state index contributed by atoms with van der Waals surface area (Å²) in [5, 5.41) is 18.5. The molecule has 1 amide bonds. The molecule has 2 rings (SSSR count). The van der Waals surface area contributed by atoms with Crippen molar-refractivity contribution in [1.29, 1.82) is 0 Å². The molecule has 19 heavy (non-hydrogen) atoms. The maximum absolute atomic E-state index is 12.0. The Kier molecular flexibility index (Phi) is 3.90. The summed E-state index contributed by atoms with van der Waals surface area (Å²) in [6, 6.07) is 6.83. The van der Waals surface area contributed by atoms with E-state index < -0.39 is 5.91 Å². The van der Waals surface area contributed by atoms with E-state index in [9.17, 15) is 4.79 Å². The molecule has 0 saturated heterocycles. The van der Waals surface area contributed by atoms with E-state index in [1.54, 1.807) is 31.2 Å². The number of carbonyl (C=O) groups is 1. The minimum atomic E-state index is -0.397. The Hall–Kier alpha value is -2.65. The van der Waals surface area contributed by atoms with E-state index in [1.165, 1.54) is 0 Å². The average Bonchev–Trinajstić information content (AvgIpc) is 2.82. The van der Waals surface area contributed by atoms with Crippen LogP contribution in [0.4, 0.5) is 6.01 Å². The van der Waals surface area contributed by atoms with Crippen molar-refractivity contribution in [2.45, 2.75) is 6.92 Å². The molecular weight excluding hydrogens is 246 g/mol. The number of nitrogens with one attached hydrogen (secondary N) is 1. The topological polar surface area (TPSA) is 88.2 Å². The van der Waals surface area contributed by atoms with Gasteiger partial charge in [-0.05, 0) is 12.1 Å². The van der Waals surface area contributed by atoms with Crippen LogP contribution in [-0.2, 0) is 0 Å². The van der Waals surface area contributed by atoms with Gasteiger partial charge in [0, 0.05) is 12.5 Å². The monoisotopic (exact) mass is 257 g/mol. The van der Waals surface area contributed by atoms with E-state index in [4.69, 9.17) is 9.52 Å². The summed E-state index contributed by atoms with van der Waals surface area (Å²) < 4.78 is 5.07. The highest BCUT2D eigenvalue weighted by atomic mass is 16.4. The van der Waals surface area contributed by atoms with Gasteiger partial charge >= 0.3 is 6.01 Å². The Bertz CT molecular complexity index is 652.